The summed E-state index contributed by atoms with van der Waals surface area (Å²) in [5.74, 6) is 2.15. The Morgan fingerprint density at radius 1 is 1.15 bits per heavy atom. The number of fused-ring (bicyclic) bond motifs is 7. The van der Waals surface area contributed by atoms with Crippen LogP contribution in [0, 0.1) is 40.4 Å². The van der Waals surface area contributed by atoms with Gasteiger partial charge in [0.2, 0.25) is 0 Å². The van der Waals surface area contributed by atoms with Crippen molar-refractivity contribution in [3.63, 3.8) is 0 Å². The average Bonchev–Trinajstić information content (AvgIpc) is 3.37. The molecule has 27 heavy (non-hydrogen) atoms. The van der Waals surface area contributed by atoms with Gasteiger partial charge in [0.05, 0.1) is 5.60 Å². The molecule has 0 amide bonds. The minimum Gasteiger partial charge on any atom is -0.481 e. The molecule has 5 rings (SSSR count). The van der Waals surface area contributed by atoms with Crippen LogP contribution in [0.25, 0.3) is 0 Å². The quantitative estimate of drug-likeness (QED) is 0.786. The molecule has 0 aromatic rings. The molecule has 0 saturated heterocycles. The van der Waals surface area contributed by atoms with Crippen molar-refractivity contribution in [3.8, 4) is 0 Å². The molecule has 0 unspecified atom stereocenters. The second kappa shape index (κ2) is 5.46. The van der Waals surface area contributed by atoms with Crippen LogP contribution in [0.2, 0.25) is 0 Å². The molecule has 8 atom stereocenters. The van der Waals surface area contributed by atoms with E-state index in [4.69, 9.17) is 0 Å². The van der Waals surface area contributed by atoms with Gasteiger partial charge in [0.25, 0.3) is 0 Å². The van der Waals surface area contributed by atoms with E-state index in [0.29, 0.717) is 48.2 Å². The van der Waals surface area contributed by atoms with Crippen LogP contribution in [0.4, 0.5) is 0 Å². The van der Waals surface area contributed by atoms with Gasteiger partial charge in [-0.25, -0.2) is 0 Å². The Kier molecular flexibility index (Phi) is 3.62. The number of carbonyl (C=O) groups excluding carboxylic acids is 1. The molecule has 0 spiro atoms. The Morgan fingerprint density at radius 2 is 1.93 bits per heavy atom. The highest BCUT2D eigenvalue weighted by Crippen LogP contribution is 2.77. The van der Waals surface area contributed by atoms with E-state index in [1.165, 1.54) is 5.57 Å². The molecule has 5 aliphatic rings. The second-order valence-corrected chi connectivity index (χ2v) is 10.7. The lowest BCUT2D eigenvalue weighted by atomic mass is 9.45. The van der Waals surface area contributed by atoms with Crippen LogP contribution in [-0.2, 0) is 9.59 Å². The van der Waals surface area contributed by atoms with Gasteiger partial charge in [0.15, 0.2) is 5.78 Å². The number of aliphatic carboxylic acids is 1. The summed E-state index contributed by atoms with van der Waals surface area (Å²) in [5.41, 5.74) is 0.601. The van der Waals surface area contributed by atoms with Crippen LogP contribution in [0.3, 0.4) is 0 Å². The van der Waals surface area contributed by atoms with Crippen molar-refractivity contribution >= 4 is 11.8 Å². The molecule has 5 aliphatic carbocycles. The summed E-state index contributed by atoms with van der Waals surface area (Å²) in [7, 11) is 0. The lowest BCUT2D eigenvalue weighted by Crippen LogP contribution is -2.57. The summed E-state index contributed by atoms with van der Waals surface area (Å²) in [6.07, 6.45) is 9.45. The monoisotopic (exact) mass is 372 g/mol. The fourth-order valence-electron chi connectivity index (χ4n) is 8.46. The van der Waals surface area contributed by atoms with E-state index in [-0.39, 0.29) is 17.3 Å². The van der Waals surface area contributed by atoms with E-state index < -0.39 is 11.6 Å². The molecule has 0 heterocycles. The summed E-state index contributed by atoms with van der Waals surface area (Å²) in [6, 6.07) is 0. The zero-order valence-corrected chi connectivity index (χ0v) is 16.5. The van der Waals surface area contributed by atoms with E-state index >= 15 is 0 Å². The van der Waals surface area contributed by atoms with Gasteiger partial charge >= 0.3 is 5.97 Å². The fraction of sp³-hybridized carbons (Fsp3) is 0.826. The predicted molar refractivity (Wildman–Crippen MR) is 101 cm³/mol. The van der Waals surface area contributed by atoms with Crippen molar-refractivity contribution in [1.29, 1.82) is 0 Å². The molecule has 4 heteroatoms. The molecule has 0 aliphatic heterocycles. The van der Waals surface area contributed by atoms with Crippen molar-refractivity contribution in [2.75, 3.05) is 0 Å². The van der Waals surface area contributed by atoms with Gasteiger partial charge in [-0.05, 0) is 91.4 Å². The first kappa shape index (κ1) is 17.9. The normalized spacial score (nSPS) is 52.9. The maximum atomic E-state index is 12.0. The number of carboxylic acid groups (broad SMARTS) is 1. The molecule has 148 valence electrons. The number of ketones is 1. The van der Waals surface area contributed by atoms with E-state index in [1.807, 2.05) is 6.08 Å². The van der Waals surface area contributed by atoms with E-state index in [2.05, 4.69) is 13.8 Å². The third-order valence-corrected chi connectivity index (χ3v) is 9.84. The number of allylic oxidation sites excluding steroid dienone is 1. The highest BCUT2D eigenvalue weighted by atomic mass is 16.4. The highest BCUT2D eigenvalue weighted by Gasteiger charge is 2.75. The third-order valence-electron chi connectivity index (χ3n) is 9.84. The fourth-order valence-corrected chi connectivity index (χ4v) is 8.46. The lowest BCUT2D eigenvalue weighted by Gasteiger charge is -2.60. The first-order chi connectivity index (χ1) is 12.7. The number of hydrogen-bond acceptors (Lipinski definition) is 3. The van der Waals surface area contributed by atoms with Crippen molar-refractivity contribution in [1.82, 2.24) is 0 Å². The standard InChI is InChI=1S/C23H32O4/c1-21-8-5-14(24)11-13(21)3-4-15-17(21)6-9-22(2)20(15)16-12-18(16)23(22,27)10-7-19(25)26/h11,15-18,20,27H,3-10,12H2,1-2H3,(H,25,26)/t15-,16-,17+,18+,20-,21+,22+,23+/m1/s1. The molecule has 0 aromatic carbocycles. The second-order valence-electron chi connectivity index (χ2n) is 10.7. The molecule has 0 bridgehead atoms. The SMILES string of the molecule is C[C@]12CCC(=O)C=C1CC[C@H]1[C@@H]3[C@@H]4C[C@@H]4[C@@](O)(CCC(=O)O)[C@@]3(C)CC[C@@H]12. The topological polar surface area (TPSA) is 74.6 Å². The lowest BCUT2D eigenvalue weighted by molar-refractivity contribution is -0.158. The summed E-state index contributed by atoms with van der Waals surface area (Å²) in [4.78, 5) is 23.2. The summed E-state index contributed by atoms with van der Waals surface area (Å²) < 4.78 is 0. The van der Waals surface area contributed by atoms with Gasteiger partial charge in [0, 0.05) is 12.8 Å². The number of aliphatic hydroxyl groups is 1. The van der Waals surface area contributed by atoms with Crippen LogP contribution >= 0.6 is 0 Å². The maximum Gasteiger partial charge on any atom is 0.303 e. The number of carboxylic acids is 1. The summed E-state index contributed by atoms with van der Waals surface area (Å²) >= 11 is 0. The minimum atomic E-state index is -0.800. The first-order valence-corrected chi connectivity index (χ1v) is 10.9. The molecule has 0 aromatic heterocycles. The molecular weight excluding hydrogens is 340 g/mol. The van der Waals surface area contributed by atoms with Crippen molar-refractivity contribution in [2.24, 2.45) is 40.4 Å². The number of carbonyl (C=O) groups is 2. The molecule has 4 saturated carbocycles. The minimum absolute atomic E-state index is 0.0723. The van der Waals surface area contributed by atoms with Crippen molar-refractivity contribution < 1.29 is 19.8 Å². The molecule has 4 nitrogen and oxygen atoms in total. The highest BCUT2D eigenvalue weighted by molar-refractivity contribution is 5.91. The Morgan fingerprint density at radius 3 is 2.67 bits per heavy atom. The van der Waals surface area contributed by atoms with Crippen LogP contribution in [-0.4, -0.2) is 27.6 Å². The van der Waals surface area contributed by atoms with Crippen molar-refractivity contribution in [3.05, 3.63) is 11.6 Å². The Labute approximate surface area is 161 Å². The largest absolute Gasteiger partial charge is 0.481 e. The van der Waals surface area contributed by atoms with Gasteiger partial charge in [0.1, 0.15) is 0 Å². The number of rotatable bonds is 3. The Balaban J connectivity index is 1.48. The Hall–Kier alpha value is -1.16. The number of hydrogen-bond donors (Lipinski definition) is 2. The van der Waals surface area contributed by atoms with Crippen LogP contribution in [0.15, 0.2) is 11.6 Å². The van der Waals surface area contributed by atoms with Gasteiger partial charge < -0.3 is 10.2 Å². The summed E-state index contributed by atoms with van der Waals surface area (Å²) in [5, 5.41) is 20.9. The van der Waals surface area contributed by atoms with Gasteiger partial charge in [-0.1, -0.05) is 19.4 Å². The van der Waals surface area contributed by atoms with Crippen molar-refractivity contribution in [2.45, 2.75) is 77.2 Å². The summed E-state index contributed by atoms with van der Waals surface area (Å²) in [6.45, 7) is 4.65. The first-order valence-electron chi connectivity index (χ1n) is 10.9. The maximum absolute atomic E-state index is 12.0. The van der Waals surface area contributed by atoms with E-state index in [0.717, 1.165) is 38.5 Å². The van der Waals surface area contributed by atoms with Gasteiger partial charge in [-0.3, -0.25) is 9.59 Å². The van der Waals surface area contributed by atoms with Gasteiger partial charge in [-0.15, -0.1) is 0 Å². The molecule has 4 fully saturated rings. The van der Waals surface area contributed by atoms with Crippen LogP contribution in [0.5, 0.6) is 0 Å². The molecule has 0 radical (unpaired) electrons. The zero-order valence-electron chi connectivity index (χ0n) is 16.5. The zero-order chi connectivity index (χ0) is 19.2. The van der Waals surface area contributed by atoms with E-state index in [9.17, 15) is 19.8 Å². The van der Waals surface area contributed by atoms with Gasteiger partial charge in [-0.2, -0.15) is 0 Å². The molecule has 2 N–H and O–H groups in total. The predicted octanol–water partition coefficient (Wildman–Crippen LogP) is 3.97. The third kappa shape index (κ3) is 2.19. The smallest absolute Gasteiger partial charge is 0.303 e. The molecular formula is C23H32O4. The van der Waals surface area contributed by atoms with Crippen LogP contribution in [0.1, 0.15) is 71.6 Å². The average molecular weight is 373 g/mol. The Bertz CT molecular complexity index is 741. The van der Waals surface area contributed by atoms with E-state index in [1.54, 1.807) is 0 Å². The van der Waals surface area contributed by atoms with Crippen LogP contribution < -0.4 is 0 Å².